The van der Waals surface area contributed by atoms with Gasteiger partial charge in [-0.2, -0.15) is 0 Å². The minimum absolute atomic E-state index is 0.0128. The van der Waals surface area contributed by atoms with Crippen LogP contribution >= 0.6 is 12.2 Å². The number of nitrogens with one attached hydrogen (secondary N) is 1. The first kappa shape index (κ1) is 11.8. The Morgan fingerprint density at radius 1 is 1.71 bits per heavy atom. The van der Waals surface area contributed by atoms with E-state index in [-0.39, 0.29) is 11.9 Å². The molecule has 0 aliphatic carbocycles. The Kier molecular flexibility index (Phi) is 3.23. The van der Waals surface area contributed by atoms with Gasteiger partial charge in [-0.25, -0.2) is 4.98 Å². The first-order chi connectivity index (χ1) is 8.09. The number of aromatic nitrogens is 1. The van der Waals surface area contributed by atoms with Crippen molar-refractivity contribution in [1.29, 1.82) is 0 Å². The van der Waals surface area contributed by atoms with Crippen LogP contribution < -0.4 is 16.0 Å². The second kappa shape index (κ2) is 4.67. The normalized spacial score (nSPS) is 19.9. The van der Waals surface area contributed by atoms with Crippen LogP contribution in [0.4, 0.5) is 5.82 Å². The van der Waals surface area contributed by atoms with Crippen LogP contribution in [-0.2, 0) is 4.79 Å². The van der Waals surface area contributed by atoms with E-state index in [4.69, 9.17) is 18.0 Å². The van der Waals surface area contributed by atoms with E-state index >= 15 is 0 Å². The number of nitrogens with zero attached hydrogens (tertiary/aromatic N) is 2. The summed E-state index contributed by atoms with van der Waals surface area (Å²) in [6.45, 7) is 3.21. The third-order valence-electron chi connectivity index (χ3n) is 2.82. The number of piperazine rings is 1. The molecule has 90 valence electrons. The van der Waals surface area contributed by atoms with Crippen molar-refractivity contribution in [1.82, 2.24) is 10.3 Å². The quantitative estimate of drug-likeness (QED) is 0.725. The van der Waals surface area contributed by atoms with E-state index in [1.807, 2.05) is 17.9 Å². The molecule has 3 N–H and O–H groups in total. The molecule has 1 amide bonds. The molecule has 0 saturated carbocycles. The van der Waals surface area contributed by atoms with E-state index in [9.17, 15) is 4.79 Å². The van der Waals surface area contributed by atoms with Crippen molar-refractivity contribution < 1.29 is 4.79 Å². The molecule has 1 unspecified atom stereocenters. The van der Waals surface area contributed by atoms with Crippen LogP contribution in [0.25, 0.3) is 0 Å². The Bertz CT molecular complexity index is 463. The summed E-state index contributed by atoms with van der Waals surface area (Å²) in [6, 6.07) is 3.36. The van der Waals surface area contributed by atoms with Gasteiger partial charge in [-0.3, -0.25) is 4.79 Å². The lowest BCUT2D eigenvalue weighted by molar-refractivity contribution is -0.122. The van der Waals surface area contributed by atoms with Crippen molar-refractivity contribution in [2.75, 3.05) is 18.0 Å². The Hall–Kier alpha value is -1.69. The second-order valence-corrected chi connectivity index (χ2v) is 4.37. The highest BCUT2D eigenvalue weighted by Gasteiger charge is 2.26. The van der Waals surface area contributed by atoms with Gasteiger partial charge in [0.15, 0.2) is 0 Å². The van der Waals surface area contributed by atoms with Gasteiger partial charge in [0.1, 0.15) is 16.8 Å². The van der Waals surface area contributed by atoms with Crippen LogP contribution in [0.15, 0.2) is 18.3 Å². The fourth-order valence-electron chi connectivity index (χ4n) is 1.82. The highest BCUT2D eigenvalue weighted by atomic mass is 32.1. The SMILES string of the molecule is CC1C(=O)NCCN1c1cc(C(N)=S)ccn1. The number of hydrogen-bond acceptors (Lipinski definition) is 4. The van der Waals surface area contributed by atoms with Gasteiger partial charge in [-0.15, -0.1) is 0 Å². The summed E-state index contributed by atoms with van der Waals surface area (Å²) in [5.74, 6) is 0.747. The largest absolute Gasteiger partial charge is 0.389 e. The fourth-order valence-corrected chi connectivity index (χ4v) is 1.95. The number of carbonyl (C=O) groups excluding carboxylic acids is 1. The molecular formula is C11H14N4OS. The van der Waals surface area contributed by atoms with Gasteiger partial charge in [0.05, 0.1) is 0 Å². The predicted molar refractivity (Wildman–Crippen MR) is 69.9 cm³/mol. The van der Waals surface area contributed by atoms with Crippen molar-refractivity contribution in [3.63, 3.8) is 0 Å². The number of pyridine rings is 1. The Labute approximate surface area is 105 Å². The molecular weight excluding hydrogens is 236 g/mol. The summed E-state index contributed by atoms with van der Waals surface area (Å²) in [6.07, 6.45) is 1.66. The first-order valence-corrected chi connectivity index (χ1v) is 5.80. The predicted octanol–water partition coefficient (Wildman–Crippen LogP) is 0.0405. The molecule has 2 heterocycles. The molecule has 0 radical (unpaired) electrons. The zero-order valence-electron chi connectivity index (χ0n) is 9.51. The van der Waals surface area contributed by atoms with Gasteiger partial charge in [-0.05, 0) is 19.1 Å². The number of hydrogen-bond donors (Lipinski definition) is 2. The number of thiocarbonyl (C=S) groups is 1. The van der Waals surface area contributed by atoms with Crippen molar-refractivity contribution in [3.8, 4) is 0 Å². The monoisotopic (exact) mass is 250 g/mol. The van der Waals surface area contributed by atoms with Gasteiger partial charge in [0.2, 0.25) is 5.91 Å². The molecule has 17 heavy (non-hydrogen) atoms. The number of nitrogens with two attached hydrogens (primary N) is 1. The van der Waals surface area contributed by atoms with E-state index in [0.29, 0.717) is 11.5 Å². The van der Waals surface area contributed by atoms with Gasteiger partial charge in [0, 0.05) is 24.8 Å². The van der Waals surface area contributed by atoms with E-state index in [1.165, 1.54) is 0 Å². The van der Waals surface area contributed by atoms with E-state index in [1.54, 1.807) is 12.3 Å². The molecule has 1 aliphatic heterocycles. The van der Waals surface area contributed by atoms with Crippen LogP contribution in [0.3, 0.4) is 0 Å². The van der Waals surface area contributed by atoms with Crippen molar-refractivity contribution in [2.24, 2.45) is 5.73 Å². The van der Waals surface area contributed by atoms with Crippen LogP contribution in [0.5, 0.6) is 0 Å². The van der Waals surface area contributed by atoms with Crippen LogP contribution in [-0.4, -0.2) is 35.0 Å². The van der Waals surface area contributed by atoms with Crippen LogP contribution in [0, 0.1) is 0 Å². The number of amides is 1. The summed E-state index contributed by atoms with van der Waals surface area (Å²) in [5, 5.41) is 2.81. The highest BCUT2D eigenvalue weighted by Crippen LogP contribution is 2.17. The standard InChI is InChI=1S/C11H14N4OS/c1-7-11(16)14-4-5-15(7)9-6-8(10(12)17)2-3-13-9/h2-3,6-7H,4-5H2,1H3,(H2,12,17)(H,14,16). The van der Waals surface area contributed by atoms with Gasteiger partial charge < -0.3 is 16.0 Å². The third kappa shape index (κ3) is 2.36. The van der Waals surface area contributed by atoms with Crippen LogP contribution in [0.2, 0.25) is 0 Å². The maximum atomic E-state index is 11.6. The Morgan fingerprint density at radius 2 is 2.47 bits per heavy atom. The molecule has 0 aromatic carbocycles. The molecule has 0 spiro atoms. The summed E-state index contributed by atoms with van der Waals surface area (Å²) in [5.41, 5.74) is 6.35. The maximum absolute atomic E-state index is 11.6. The Balaban J connectivity index is 2.29. The Morgan fingerprint density at radius 3 is 3.18 bits per heavy atom. The number of carbonyl (C=O) groups is 1. The molecule has 1 atom stereocenters. The number of anilines is 1. The zero-order chi connectivity index (χ0) is 12.4. The molecule has 1 saturated heterocycles. The molecule has 1 fully saturated rings. The number of rotatable bonds is 2. The smallest absolute Gasteiger partial charge is 0.242 e. The van der Waals surface area contributed by atoms with Crippen molar-refractivity contribution in [2.45, 2.75) is 13.0 Å². The van der Waals surface area contributed by atoms with Crippen molar-refractivity contribution >= 4 is 28.9 Å². The minimum Gasteiger partial charge on any atom is -0.389 e. The third-order valence-corrected chi connectivity index (χ3v) is 3.06. The molecule has 5 nitrogen and oxygen atoms in total. The van der Waals surface area contributed by atoms with E-state index < -0.39 is 0 Å². The van der Waals surface area contributed by atoms with Gasteiger partial charge >= 0.3 is 0 Å². The lowest BCUT2D eigenvalue weighted by Gasteiger charge is -2.33. The topological polar surface area (TPSA) is 71.2 Å². The molecule has 1 aromatic rings. The summed E-state index contributed by atoms with van der Waals surface area (Å²) in [7, 11) is 0. The highest BCUT2D eigenvalue weighted by molar-refractivity contribution is 7.80. The maximum Gasteiger partial charge on any atom is 0.242 e. The first-order valence-electron chi connectivity index (χ1n) is 5.40. The summed E-state index contributed by atoms with van der Waals surface area (Å²) >= 11 is 4.93. The lowest BCUT2D eigenvalue weighted by atomic mass is 10.2. The average Bonchev–Trinajstić information content (AvgIpc) is 2.33. The van der Waals surface area contributed by atoms with Crippen molar-refractivity contribution in [3.05, 3.63) is 23.9 Å². The molecule has 2 rings (SSSR count). The molecule has 6 heteroatoms. The molecule has 0 bridgehead atoms. The van der Waals surface area contributed by atoms with E-state index in [0.717, 1.165) is 17.9 Å². The zero-order valence-corrected chi connectivity index (χ0v) is 10.3. The summed E-state index contributed by atoms with van der Waals surface area (Å²) < 4.78 is 0. The van der Waals surface area contributed by atoms with Gasteiger partial charge in [-0.1, -0.05) is 12.2 Å². The van der Waals surface area contributed by atoms with E-state index in [2.05, 4.69) is 10.3 Å². The average molecular weight is 250 g/mol. The molecule has 1 aromatic heterocycles. The van der Waals surface area contributed by atoms with Crippen LogP contribution in [0.1, 0.15) is 12.5 Å². The van der Waals surface area contributed by atoms with Gasteiger partial charge in [0.25, 0.3) is 0 Å². The second-order valence-electron chi connectivity index (χ2n) is 3.93. The fraction of sp³-hybridized carbons (Fsp3) is 0.364. The lowest BCUT2D eigenvalue weighted by Crippen LogP contribution is -2.54. The minimum atomic E-state index is -0.224. The molecule has 1 aliphatic rings. The summed E-state index contributed by atoms with van der Waals surface area (Å²) in [4.78, 5) is 18.1.